The summed E-state index contributed by atoms with van der Waals surface area (Å²) < 4.78 is 11.3. The summed E-state index contributed by atoms with van der Waals surface area (Å²) in [6, 6.07) is 0. The van der Waals surface area contributed by atoms with Crippen molar-refractivity contribution in [1.29, 1.82) is 0 Å². The molecule has 0 saturated carbocycles. The van der Waals surface area contributed by atoms with Crippen LogP contribution in [0.15, 0.2) is 131 Å². The number of epoxide rings is 2. The highest BCUT2D eigenvalue weighted by atomic mass is 16.6. The van der Waals surface area contributed by atoms with E-state index in [4.69, 9.17) is 9.47 Å². The van der Waals surface area contributed by atoms with Gasteiger partial charge >= 0.3 is 0 Å². The number of ether oxygens (including phenoxy) is 2. The van der Waals surface area contributed by atoms with Gasteiger partial charge in [-0.05, 0) is 94.9 Å². The third kappa shape index (κ3) is 15.3. The molecule has 2 atom stereocenters. The van der Waals surface area contributed by atoms with Crippen LogP contribution in [-0.4, -0.2) is 23.4 Å². The lowest BCUT2D eigenvalue weighted by atomic mass is 10.0. The molecule has 0 unspecified atom stereocenters. The van der Waals surface area contributed by atoms with Gasteiger partial charge in [0.1, 0.15) is 0 Å². The van der Waals surface area contributed by atoms with E-state index in [0.29, 0.717) is 12.2 Å². The SMILES string of the molecule is C/C(=C/C=C/C(C)=C/C=C/C(C)=C/C=C/C=C(C)/C=C/C=C(C)/C=C/C=C(\C)CC[C@H]1OC1(C)C)CC[C@H]1OC1(C)C. The zero-order chi connectivity index (χ0) is 31.2. The summed E-state index contributed by atoms with van der Waals surface area (Å²) in [6.45, 7) is 21.5. The third-order valence-electron chi connectivity index (χ3n) is 7.68. The molecule has 2 heteroatoms. The molecule has 0 bridgehead atoms. The molecule has 2 saturated heterocycles. The normalized spacial score (nSPS) is 24.0. The predicted molar refractivity (Wildman–Crippen MR) is 185 cm³/mol. The van der Waals surface area contributed by atoms with E-state index in [9.17, 15) is 0 Å². The molecule has 2 aliphatic heterocycles. The van der Waals surface area contributed by atoms with Crippen molar-refractivity contribution in [3.05, 3.63) is 131 Å². The molecule has 0 aromatic heterocycles. The topological polar surface area (TPSA) is 25.1 Å². The van der Waals surface area contributed by atoms with Crippen LogP contribution in [0.2, 0.25) is 0 Å². The van der Waals surface area contributed by atoms with Crippen LogP contribution in [0.4, 0.5) is 0 Å². The molecule has 2 nitrogen and oxygen atoms in total. The van der Waals surface area contributed by atoms with Gasteiger partial charge in [-0.25, -0.2) is 0 Å². The lowest BCUT2D eigenvalue weighted by Gasteiger charge is -1.98. The van der Waals surface area contributed by atoms with Crippen molar-refractivity contribution in [2.75, 3.05) is 0 Å². The highest BCUT2D eigenvalue weighted by Crippen LogP contribution is 2.39. The summed E-state index contributed by atoms with van der Waals surface area (Å²) in [4.78, 5) is 0. The first kappa shape index (κ1) is 35.3. The van der Waals surface area contributed by atoms with Crippen LogP contribution >= 0.6 is 0 Å². The molecule has 42 heavy (non-hydrogen) atoms. The first-order chi connectivity index (χ1) is 19.8. The van der Waals surface area contributed by atoms with Crippen molar-refractivity contribution < 1.29 is 9.47 Å². The lowest BCUT2D eigenvalue weighted by Crippen LogP contribution is -2.02. The molecule has 228 valence electrons. The second-order valence-corrected chi connectivity index (χ2v) is 13.0. The average Bonchev–Trinajstić information content (AvgIpc) is 3.75. The maximum atomic E-state index is 5.67. The Labute approximate surface area is 258 Å². The zero-order valence-corrected chi connectivity index (χ0v) is 28.0. The second-order valence-electron chi connectivity index (χ2n) is 13.0. The largest absolute Gasteiger partial charge is 0.367 e. The van der Waals surface area contributed by atoms with Crippen LogP contribution in [0.5, 0.6) is 0 Å². The Balaban J connectivity index is 1.70. The van der Waals surface area contributed by atoms with Gasteiger partial charge in [0.15, 0.2) is 0 Å². The van der Waals surface area contributed by atoms with E-state index in [1.807, 2.05) is 0 Å². The van der Waals surface area contributed by atoms with Crippen molar-refractivity contribution in [2.24, 2.45) is 0 Å². The van der Waals surface area contributed by atoms with E-state index < -0.39 is 0 Å². The second kappa shape index (κ2) is 17.2. The monoisotopic (exact) mass is 568 g/mol. The molecule has 0 aliphatic carbocycles. The smallest absolute Gasteiger partial charge is 0.0892 e. The van der Waals surface area contributed by atoms with Crippen molar-refractivity contribution in [3.63, 3.8) is 0 Å². The van der Waals surface area contributed by atoms with E-state index in [2.05, 4.69) is 166 Å². The Morgan fingerprint density at radius 3 is 1.00 bits per heavy atom. The summed E-state index contributed by atoms with van der Waals surface area (Å²) in [5.74, 6) is 0. The number of hydrogen-bond donors (Lipinski definition) is 0. The summed E-state index contributed by atoms with van der Waals surface area (Å²) in [5, 5.41) is 0. The van der Waals surface area contributed by atoms with Crippen molar-refractivity contribution in [2.45, 2.75) is 118 Å². The quantitative estimate of drug-likeness (QED) is 0.137. The van der Waals surface area contributed by atoms with Gasteiger partial charge in [0.2, 0.25) is 0 Å². The van der Waals surface area contributed by atoms with Crippen LogP contribution in [0.25, 0.3) is 0 Å². The third-order valence-corrected chi connectivity index (χ3v) is 7.68. The van der Waals surface area contributed by atoms with E-state index in [1.165, 1.54) is 33.4 Å². The van der Waals surface area contributed by atoms with Gasteiger partial charge in [-0.3, -0.25) is 0 Å². The molecule has 0 radical (unpaired) electrons. The van der Waals surface area contributed by atoms with E-state index in [1.54, 1.807) is 0 Å². The summed E-state index contributed by atoms with van der Waals surface area (Å²) in [5.41, 5.74) is 7.84. The van der Waals surface area contributed by atoms with E-state index >= 15 is 0 Å². The van der Waals surface area contributed by atoms with Crippen LogP contribution in [-0.2, 0) is 9.47 Å². The molecule has 0 amide bonds. The molecule has 2 heterocycles. The number of hydrogen-bond acceptors (Lipinski definition) is 2. The summed E-state index contributed by atoms with van der Waals surface area (Å²) in [6.07, 6.45) is 39.5. The van der Waals surface area contributed by atoms with Gasteiger partial charge in [-0.15, -0.1) is 0 Å². The van der Waals surface area contributed by atoms with E-state index in [0.717, 1.165) is 25.7 Å². The fourth-order valence-corrected chi connectivity index (χ4v) is 4.43. The molecular weight excluding hydrogens is 512 g/mol. The van der Waals surface area contributed by atoms with Crippen molar-refractivity contribution in [1.82, 2.24) is 0 Å². The van der Waals surface area contributed by atoms with Gasteiger partial charge in [0.05, 0.1) is 23.4 Å². The standard InChI is InChI=1S/C40H56O2/c1-31(19-13-21-33(3)23-15-25-35(5)27-29-37-39(7,8)41-37)17-11-12-18-32(2)20-14-22-34(4)24-16-26-36(6)28-30-38-40(9,10)42-38/h11-26,37-38H,27-30H2,1-10H3/b12-11+,19-13+,20-14+,23-15+,24-16+,31-17+,32-18+,33-21+,34-22+,35-25-,36-26+/t37-,38-/m1/s1. The molecule has 0 aromatic carbocycles. The maximum Gasteiger partial charge on any atom is 0.0892 e. The predicted octanol–water partition coefficient (Wildman–Crippen LogP) is 11.4. The highest BCUT2D eigenvalue weighted by Gasteiger charge is 2.47. The van der Waals surface area contributed by atoms with Gasteiger partial charge in [-0.1, -0.05) is 131 Å². The Morgan fingerprint density at radius 2 is 0.714 bits per heavy atom. The minimum Gasteiger partial charge on any atom is -0.367 e. The molecule has 0 N–H and O–H groups in total. The van der Waals surface area contributed by atoms with E-state index in [-0.39, 0.29) is 11.2 Å². The molecule has 0 spiro atoms. The number of allylic oxidation sites excluding steroid dienone is 22. The van der Waals surface area contributed by atoms with Crippen LogP contribution in [0, 0.1) is 0 Å². The van der Waals surface area contributed by atoms with Gasteiger partial charge in [-0.2, -0.15) is 0 Å². The first-order valence-corrected chi connectivity index (χ1v) is 15.5. The lowest BCUT2D eigenvalue weighted by molar-refractivity contribution is 0.319. The molecule has 0 aromatic rings. The fraction of sp³-hybridized carbons (Fsp3) is 0.450. The Bertz CT molecular complexity index is 1130. The van der Waals surface area contributed by atoms with Gasteiger partial charge in [0, 0.05) is 0 Å². The van der Waals surface area contributed by atoms with Crippen LogP contribution in [0.1, 0.15) is 94.9 Å². The first-order valence-electron chi connectivity index (χ1n) is 15.5. The summed E-state index contributed by atoms with van der Waals surface area (Å²) in [7, 11) is 0. The minimum atomic E-state index is 0.0907. The average molecular weight is 569 g/mol. The zero-order valence-electron chi connectivity index (χ0n) is 28.0. The van der Waals surface area contributed by atoms with Crippen LogP contribution in [0.3, 0.4) is 0 Å². The number of rotatable bonds is 16. The van der Waals surface area contributed by atoms with Crippen LogP contribution < -0.4 is 0 Å². The maximum absolute atomic E-state index is 5.67. The summed E-state index contributed by atoms with van der Waals surface area (Å²) >= 11 is 0. The van der Waals surface area contributed by atoms with Crippen molar-refractivity contribution >= 4 is 0 Å². The molecule has 2 aliphatic rings. The molecule has 2 fully saturated rings. The Kier molecular flexibility index (Phi) is 14.5. The fourth-order valence-electron chi connectivity index (χ4n) is 4.43. The molecular formula is C40H56O2. The van der Waals surface area contributed by atoms with Gasteiger partial charge < -0.3 is 9.47 Å². The Morgan fingerprint density at radius 1 is 0.452 bits per heavy atom. The Hall–Kier alpha value is -2.94. The van der Waals surface area contributed by atoms with Gasteiger partial charge in [0.25, 0.3) is 0 Å². The van der Waals surface area contributed by atoms with Crippen molar-refractivity contribution in [3.8, 4) is 0 Å². The highest BCUT2D eigenvalue weighted by molar-refractivity contribution is 5.32. The molecule has 2 rings (SSSR count). The minimum absolute atomic E-state index is 0.0907.